The zero-order valence-electron chi connectivity index (χ0n) is 73.8. The van der Waals surface area contributed by atoms with Gasteiger partial charge < -0.3 is 66.6 Å². The molecule has 26 heteroatoms. The van der Waals surface area contributed by atoms with Gasteiger partial charge in [0.1, 0.15) is 90.6 Å². The van der Waals surface area contributed by atoms with E-state index in [1.807, 2.05) is 170 Å². The maximum Gasteiger partial charge on any atom is 0.338 e. The minimum absolute atomic E-state index is 0.126. The molecule has 0 aliphatic carbocycles. The van der Waals surface area contributed by atoms with E-state index in [1.165, 1.54) is 0 Å². The molecule has 13 aromatic carbocycles. The number of aromatic nitrogens is 6. The molecule has 0 radical (unpaired) electrons. The molecule has 2 heterocycles. The average molecular weight is 1770 g/mol. The Bertz CT molecular complexity index is 5660. The van der Waals surface area contributed by atoms with Crippen LogP contribution in [0.5, 0.6) is 34.5 Å². The molecular formula is C106H98N8O18. The number of hydrogen-bond acceptors (Lipinski definition) is 23. The van der Waals surface area contributed by atoms with E-state index in [2.05, 4.69) is 9.80 Å². The lowest BCUT2D eigenvalue weighted by Gasteiger charge is -2.33. The smallest absolute Gasteiger partial charge is 0.338 e. The number of para-hydroxylation sites is 4. The number of hydrogen-bond donors (Lipinski definition) is 0. The van der Waals surface area contributed by atoms with Crippen LogP contribution in [0.4, 0.5) is 34.1 Å². The van der Waals surface area contributed by atoms with Crippen LogP contribution < -0.4 is 48.1 Å². The summed E-state index contributed by atoms with van der Waals surface area (Å²) in [6.07, 6.45) is 0. The molecule has 670 valence electrons. The van der Waals surface area contributed by atoms with Crippen molar-refractivity contribution in [2.75, 3.05) is 89.1 Å². The van der Waals surface area contributed by atoms with Gasteiger partial charge in [-0.3, -0.25) is 0 Å². The van der Waals surface area contributed by atoms with E-state index in [0.717, 1.165) is 34.1 Å². The van der Waals surface area contributed by atoms with Gasteiger partial charge in [0.25, 0.3) is 0 Å². The number of ether oxygens (including phenoxy) is 12. The Kier molecular flexibility index (Phi) is 29.6. The molecule has 2 aromatic heterocycles. The molecule has 0 unspecified atom stereocenters. The van der Waals surface area contributed by atoms with Crippen molar-refractivity contribution in [3.05, 3.63) is 349 Å². The van der Waals surface area contributed by atoms with E-state index >= 15 is 0 Å². The van der Waals surface area contributed by atoms with Crippen molar-refractivity contribution in [1.29, 1.82) is 0 Å². The minimum Gasteiger partial charge on any atom is -0.493 e. The Morgan fingerprint density at radius 2 is 0.545 bits per heavy atom. The molecule has 0 aliphatic rings. The van der Waals surface area contributed by atoms with Crippen molar-refractivity contribution < 1.29 is 90.4 Å². The van der Waals surface area contributed by atoms with Crippen LogP contribution in [-0.4, -0.2) is 135 Å². The van der Waals surface area contributed by atoms with Gasteiger partial charge in [-0.1, -0.05) is 133 Å². The molecule has 0 saturated heterocycles. The number of esters is 6. The second-order valence-electron chi connectivity index (χ2n) is 30.9. The monoisotopic (exact) mass is 1770 g/mol. The molecule has 0 atom stereocenters. The SMILES string of the molecule is CCOC(=O)c1cccc(OCC(COc2cccc(C(=O)OCC)c2)(COc2cccc(C(=O)OCC)c2)Cn2nc3c(-c4ccc(N(c5ccccc5)c5ccccc5)cc4)c4n[n+](CC(COc5cccc(C(=O)OCC)c5)(COc5cccc(C(=O)OCC)c5)COc5cccc(C(=O)OCC)c5)[n-]c4c(-c4ccc(N(c5ccccc5)c5ccccc5)cc4)c3n2)c1. The molecule has 0 bridgehead atoms. The third kappa shape index (κ3) is 22.2. The molecule has 0 saturated carbocycles. The number of carbonyl (C=O) groups excluding carboxylic acids is 6. The Morgan fingerprint density at radius 3 is 0.818 bits per heavy atom. The lowest BCUT2D eigenvalue weighted by Crippen LogP contribution is -2.55. The predicted octanol–water partition coefficient (Wildman–Crippen LogP) is 20.0. The van der Waals surface area contributed by atoms with E-state index in [0.29, 0.717) is 44.3 Å². The van der Waals surface area contributed by atoms with E-state index in [-0.39, 0.29) is 160 Å². The molecule has 0 amide bonds. The number of rotatable bonds is 42. The molecule has 0 aliphatic heterocycles. The molecule has 0 fully saturated rings. The lowest BCUT2D eigenvalue weighted by atomic mass is 9.90. The first-order valence-electron chi connectivity index (χ1n) is 43.6. The van der Waals surface area contributed by atoms with Crippen LogP contribution in [0.25, 0.3) is 44.3 Å². The second-order valence-corrected chi connectivity index (χ2v) is 30.9. The number of benzene rings is 13. The Hall–Kier alpha value is -16.1. The fourth-order valence-corrected chi connectivity index (χ4v) is 15.1. The first-order chi connectivity index (χ1) is 64.5. The van der Waals surface area contributed by atoms with Gasteiger partial charge in [-0.25, -0.2) is 28.8 Å². The summed E-state index contributed by atoms with van der Waals surface area (Å²) in [7, 11) is 0. The van der Waals surface area contributed by atoms with Gasteiger partial charge in [-0.15, -0.1) is 0 Å². The zero-order chi connectivity index (χ0) is 91.8. The molecule has 15 rings (SSSR count). The fourth-order valence-electron chi connectivity index (χ4n) is 15.1. The second kappa shape index (κ2) is 43.1. The lowest BCUT2D eigenvalue weighted by molar-refractivity contribution is -0.814. The van der Waals surface area contributed by atoms with Crippen LogP contribution in [0.1, 0.15) is 104 Å². The first-order valence-corrected chi connectivity index (χ1v) is 43.6. The molecule has 0 spiro atoms. The fraction of sp³-hybridized carbons (Fsp3) is 0.208. The third-order valence-corrected chi connectivity index (χ3v) is 21.4. The maximum atomic E-state index is 13.5. The number of anilines is 6. The predicted molar refractivity (Wildman–Crippen MR) is 499 cm³/mol. The minimum atomic E-state index is -1.42. The van der Waals surface area contributed by atoms with Crippen molar-refractivity contribution in [1.82, 2.24) is 25.2 Å². The zero-order valence-corrected chi connectivity index (χ0v) is 73.8. The summed E-state index contributed by atoms with van der Waals surface area (Å²) in [5.41, 5.74) is 7.44. The summed E-state index contributed by atoms with van der Waals surface area (Å²) in [4.78, 5) is 88.4. The van der Waals surface area contributed by atoms with E-state index in [1.54, 1.807) is 197 Å². The van der Waals surface area contributed by atoms with E-state index in [4.69, 9.17) is 77.2 Å². The molecule has 0 N–H and O–H groups in total. The van der Waals surface area contributed by atoms with Crippen molar-refractivity contribution in [3.8, 4) is 56.8 Å². The highest BCUT2D eigenvalue weighted by Gasteiger charge is 2.41. The van der Waals surface area contributed by atoms with Crippen molar-refractivity contribution >= 4 is 92.0 Å². The highest BCUT2D eigenvalue weighted by atomic mass is 16.6. The van der Waals surface area contributed by atoms with Gasteiger partial charge in [-0.05, 0) is 235 Å². The van der Waals surface area contributed by atoms with Crippen molar-refractivity contribution in [3.63, 3.8) is 0 Å². The highest BCUT2D eigenvalue weighted by Crippen LogP contribution is 2.45. The third-order valence-electron chi connectivity index (χ3n) is 21.4. The normalized spacial score (nSPS) is 11.3. The van der Waals surface area contributed by atoms with Crippen molar-refractivity contribution in [2.45, 2.75) is 54.6 Å². The topological polar surface area (TPSA) is 281 Å². The van der Waals surface area contributed by atoms with Crippen LogP contribution in [-0.2, 0) is 41.5 Å². The van der Waals surface area contributed by atoms with Crippen molar-refractivity contribution in [2.24, 2.45) is 10.8 Å². The summed E-state index contributed by atoms with van der Waals surface area (Å²) in [6.45, 7) is 9.39. The summed E-state index contributed by atoms with van der Waals surface area (Å²) in [6, 6.07) is 96.0. The molecule has 132 heavy (non-hydrogen) atoms. The van der Waals surface area contributed by atoms with Gasteiger partial charge in [0.2, 0.25) is 0 Å². The maximum absolute atomic E-state index is 13.5. The van der Waals surface area contributed by atoms with Crippen LogP contribution in [0, 0.1) is 10.8 Å². The van der Waals surface area contributed by atoms with Gasteiger partial charge in [0.15, 0.2) is 6.54 Å². The Balaban J connectivity index is 0.980. The Labute approximate surface area is 763 Å². The quantitative estimate of drug-likeness (QED) is 0.0195. The van der Waals surface area contributed by atoms with Crippen LogP contribution in [0.3, 0.4) is 0 Å². The first kappa shape index (κ1) is 90.7. The van der Waals surface area contributed by atoms with Crippen LogP contribution in [0.2, 0.25) is 0 Å². The number of fused-ring (bicyclic) bond motifs is 2. The van der Waals surface area contributed by atoms with E-state index in [9.17, 15) is 28.8 Å². The van der Waals surface area contributed by atoms with Gasteiger partial charge in [0, 0.05) is 56.3 Å². The van der Waals surface area contributed by atoms with Crippen LogP contribution >= 0.6 is 0 Å². The largest absolute Gasteiger partial charge is 0.493 e. The Morgan fingerprint density at radius 1 is 0.295 bits per heavy atom. The highest BCUT2D eigenvalue weighted by molar-refractivity contribution is 6.16. The summed E-state index contributed by atoms with van der Waals surface area (Å²) in [5.74, 6) is -1.64. The number of carbonyl (C=O) groups is 6. The summed E-state index contributed by atoms with van der Waals surface area (Å²) in [5, 5.41) is 22.8. The summed E-state index contributed by atoms with van der Waals surface area (Å²) >= 11 is 0. The average Bonchev–Trinajstić information content (AvgIpc) is 1.56. The summed E-state index contributed by atoms with van der Waals surface area (Å²) < 4.78 is 74.4. The van der Waals surface area contributed by atoms with Gasteiger partial charge in [0.05, 0.1) is 85.0 Å². The molecule has 15 aromatic rings. The molecule has 26 nitrogen and oxygen atoms in total. The van der Waals surface area contributed by atoms with Gasteiger partial charge in [-0.2, -0.15) is 30.0 Å². The standard InChI is InChI=1S/C106H98N8O18/c1-7-121-99(115)75-31-25-45-87(59-75)127-67-105(68-128-88-46-26-32-76(60-88)100(116)122-8-2,69-129-89-47-27-33-77(61-89)101(117)123-9-3)65-111-107-95-93(73-51-55-85(56-52-73)113(81-37-17-13-18-38-81)82-39-19-14-20-40-82)97-98(94(96(95)108-111)74-53-57-86(58-54-74)114(83-41-21-15-22-42-83)84-43-23-16-24-44-84)110-112(109-97)66-106(70-130-90-48-28-34-78(62-90)102(118)124-10-4,71-131-91-49-29-35-79(63-91)103(119)125-11-5)72-132-92-50-30-36-80(64-92)104(120)126-12-6/h13-64H,7-12,65-72H2,1-6H3. The number of nitrogens with zero attached hydrogens (tertiary/aromatic N) is 8. The van der Waals surface area contributed by atoms with E-state index < -0.39 is 46.6 Å². The molecular weight excluding hydrogens is 1670 g/mol. The van der Waals surface area contributed by atoms with Gasteiger partial charge >= 0.3 is 35.8 Å². The van der Waals surface area contributed by atoms with Crippen LogP contribution in [0.15, 0.2) is 315 Å².